The summed E-state index contributed by atoms with van der Waals surface area (Å²) in [6.07, 6.45) is 0.0861. The highest BCUT2D eigenvalue weighted by Crippen LogP contribution is 2.18. The Morgan fingerprint density at radius 2 is 1.93 bits per heavy atom. The van der Waals surface area contributed by atoms with Gasteiger partial charge in [0.25, 0.3) is 0 Å². The van der Waals surface area contributed by atoms with E-state index in [1.54, 1.807) is 7.05 Å². The van der Waals surface area contributed by atoms with Crippen LogP contribution >= 0.6 is 0 Å². The average Bonchev–Trinajstić information content (AvgIpc) is 2.27. The first-order valence-corrected chi connectivity index (χ1v) is 4.57. The van der Waals surface area contributed by atoms with E-state index < -0.39 is 6.10 Å². The molecule has 14 heavy (non-hydrogen) atoms. The summed E-state index contributed by atoms with van der Waals surface area (Å²) in [7, 11) is 1.66. The van der Waals surface area contributed by atoms with Gasteiger partial charge in [0.15, 0.2) is 0 Å². The van der Waals surface area contributed by atoms with Crippen molar-refractivity contribution in [2.45, 2.75) is 19.1 Å². The summed E-state index contributed by atoms with van der Waals surface area (Å²) in [5, 5.41) is 9.89. The number of carbonyl (C=O) groups is 1. The number of benzene rings is 1. The Bertz CT molecular complexity index is 287. The van der Waals surface area contributed by atoms with Gasteiger partial charge in [0.1, 0.15) is 0 Å². The smallest absolute Gasteiger partial charge is 0.209 e. The van der Waals surface area contributed by atoms with Crippen LogP contribution in [0, 0.1) is 0 Å². The molecular formula is C11H15NO2. The van der Waals surface area contributed by atoms with E-state index in [0.717, 1.165) is 12.0 Å². The number of aliphatic hydroxyl groups excluding tert-OH is 1. The Kier molecular flexibility index (Phi) is 3.65. The molecule has 0 aliphatic heterocycles. The minimum absolute atomic E-state index is 0.213. The molecule has 0 unspecified atom stereocenters. The predicted octanol–water partition coefficient (Wildman–Crippen LogP) is 1.20. The third kappa shape index (κ3) is 2.33. The van der Waals surface area contributed by atoms with Crippen molar-refractivity contribution in [2.24, 2.45) is 0 Å². The fourth-order valence-electron chi connectivity index (χ4n) is 1.25. The first-order valence-electron chi connectivity index (χ1n) is 4.57. The molecule has 0 spiro atoms. The van der Waals surface area contributed by atoms with Crippen molar-refractivity contribution in [3.8, 4) is 0 Å². The standard InChI is InChI=1S/C11H15NO2/c1-9(12(2)8-13)11(14)10-6-4-3-5-7-10/h3-9,11,14H,1-2H3/t9-,11+/m0/s1. The minimum atomic E-state index is -0.633. The number of nitrogens with zero attached hydrogens (tertiary/aromatic N) is 1. The summed E-state index contributed by atoms with van der Waals surface area (Å²) in [5.41, 5.74) is 0.828. The van der Waals surface area contributed by atoms with E-state index in [2.05, 4.69) is 0 Å². The van der Waals surface area contributed by atoms with Gasteiger partial charge in [-0.25, -0.2) is 0 Å². The number of carbonyl (C=O) groups excluding carboxylic acids is 1. The van der Waals surface area contributed by atoms with Crippen molar-refractivity contribution in [3.05, 3.63) is 35.9 Å². The number of hydrogen-bond donors (Lipinski definition) is 1. The van der Waals surface area contributed by atoms with Gasteiger partial charge < -0.3 is 10.0 Å². The van der Waals surface area contributed by atoms with Crippen LogP contribution in [0.4, 0.5) is 0 Å². The van der Waals surface area contributed by atoms with Crippen molar-refractivity contribution in [1.29, 1.82) is 0 Å². The van der Waals surface area contributed by atoms with Crippen molar-refractivity contribution < 1.29 is 9.90 Å². The molecule has 1 rings (SSSR count). The maximum atomic E-state index is 10.5. The molecule has 0 aromatic heterocycles. The number of rotatable bonds is 4. The second-order valence-electron chi connectivity index (χ2n) is 3.37. The highest BCUT2D eigenvalue weighted by Gasteiger charge is 2.18. The van der Waals surface area contributed by atoms with Gasteiger partial charge >= 0.3 is 0 Å². The summed E-state index contributed by atoms with van der Waals surface area (Å²) in [5.74, 6) is 0. The molecule has 1 aromatic carbocycles. The molecule has 0 aliphatic carbocycles. The SMILES string of the molecule is C[C@@H]([C@@H](O)c1ccccc1)N(C)C=O. The van der Waals surface area contributed by atoms with Crippen molar-refractivity contribution in [3.63, 3.8) is 0 Å². The summed E-state index contributed by atoms with van der Waals surface area (Å²) < 4.78 is 0. The average molecular weight is 193 g/mol. The Morgan fingerprint density at radius 3 is 2.43 bits per heavy atom. The van der Waals surface area contributed by atoms with Crippen LogP contribution in [0.15, 0.2) is 30.3 Å². The van der Waals surface area contributed by atoms with Crippen LogP contribution in [0.5, 0.6) is 0 Å². The fraction of sp³-hybridized carbons (Fsp3) is 0.364. The van der Waals surface area contributed by atoms with Crippen LogP contribution in [0.25, 0.3) is 0 Å². The molecule has 1 aromatic rings. The Labute approximate surface area is 84.0 Å². The van der Waals surface area contributed by atoms with Gasteiger partial charge in [-0.3, -0.25) is 4.79 Å². The lowest BCUT2D eigenvalue weighted by Crippen LogP contribution is -2.33. The molecule has 0 radical (unpaired) electrons. The van der Waals surface area contributed by atoms with Crippen LogP contribution in [-0.4, -0.2) is 29.5 Å². The van der Waals surface area contributed by atoms with E-state index in [0.29, 0.717) is 0 Å². The second kappa shape index (κ2) is 4.77. The quantitative estimate of drug-likeness (QED) is 0.730. The molecule has 0 aliphatic rings. The van der Waals surface area contributed by atoms with E-state index in [9.17, 15) is 9.90 Å². The summed E-state index contributed by atoms with van der Waals surface area (Å²) in [4.78, 5) is 12.0. The zero-order chi connectivity index (χ0) is 10.6. The summed E-state index contributed by atoms with van der Waals surface area (Å²) in [6, 6.07) is 9.11. The lowest BCUT2D eigenvalue weighted by molar-refractivity contribution is -0.120. The maximum absolute atomic E-state index is 10.5. The molecule has 0 fully saturated rings. The Balaban J connectivity index is 2.75. The number of hydrogen-bond acceptors (Lipinski definition) is 2. The van der Waals surface area contributed by atoms with Gasteiger partial charge in [-0.05, 0) is 12.5 Å². The van der Waals surface area contributed by atoms with Crippen LogP contribution in [0.1, 0.15) is 18.6 Å². The molecule has 0 saturated heterocycles. The lowest BCUT2D eigenvalue weighted by Gasteiger charge is -2.25. The van der Waals surface area contributed by atoms with Crippen molar-refractivity contribution >= 4 is 6.41 Å². The third-order valence-electron chi connectivity index (χ3n) is 2.41. The van der Waals surface area contributed by atoms with E-state index in [1.807, 2.05) is 37.3 Å². The zero-order valence-corrected chi connectivity index (χ0v) is 8.42. The first kappa shape index (κ1) is 10.7. The maximum Gasteiger partial charge on any atom is 0.209 e. The van der Waals surface area contributed by atoms with Crippen LogP contribution in [0.3, 0.4) is 0 Å². The normalized spacial score (nSPS) is 14.5. The van der Waals surface area contributed by atoms with Crippen LogP contribution < -0.4 is 0 Å². The molecule has 0 bridgehead atoms. The fourth-order valence-corrected chi connectivity index (χ4v) is 1.25. The van der Waals surface area contributed by atoms with E-state index in [4.69, 9.17) is 0 Å². The van der Waals surface area contributed by atoms with Crippen molar-refractivity contribution in [1.82, 2.24) is 4.90 Å². The molecule has 3 nitrogen and oxygen atoms in total. The van der Waals surface area contributed by atoms with Gasteiger partial charge in [-0.1, -0.05) is 30.3 Å². The monoisotopic (exact) mass is 193 g/mol. The summed E-state index contributed by atoms with van der Waals surface area (Å²) >= 11 is 0. The van der Waals surface area contributed by atoms with Gasteiger partial charge in [-0.15, -0.1) is 0 Å². The molecule has 2 atom stereocenters. The lowest BCUT2D eigenvalue weighted by atomic mass is 10.0. The van der Waals surface area contributed by atoms with E-state index in [1.165, 1.54) is 4.90 Å². The largest absolute Gasteiger partial charge is 0.386 e. The number of amides is 1. The molecule has 76 valence electrons. The number of likely N-dealkylation sites (N-methyl/N-ethyl adjacent to an activating group) is 1. The Hall–Kier alpha value is -1.35. The minimum Gasteiger partial charge on any atom is -0.386 e. The zero-order valence-electron chi connectivity index (χ0n) is 8.42. The number of aliphatic hydroxyl groups is 1. The van der Waals surface area contributed by atoms with Gasteiger partial charge in [0, 0.05) is 7.05 Å². The molecule has 0 heterocycles. The molecule has 3 heteroatoms. The summed E-state index contributed by atoms with van der Waals surface area (Å²) in [6.45, 7) is 1.81. The topological polar surface area (TPSA) is 40.5 Å². The third-order valence-corrected chi connectivity index (χ3v) is 2.41. The van der Waals surface area contributed by atoms with E-state index in [-0.39, 0.29) is 6.04 Å². The molecule has 0 saturated carbocycles. The second-order valence-corrected chi connectivity index (χ2v) is 3.37. The van der Waals surface area contributed by atoms with Gasteiger partial charge in [0.2, 0.25) is 6.41 Å². The highest BCUT2D eigenvalue weighted by atomic mass is 16.3. The molecule has 1 amide bonds. The Morgan fingerprint density at radius 1 is 1.36 bits per heavy atom. The van der Waals surface area contributed by atoms with Gasteiger partial charge in [0.05, 0.1) is 12.1 Å². The molecule has 1 N–H and O–H groups in total. The highest BCUT2D eigenvalue weighted by molar-refractivity contribution is 5.47. The van der Waals surface area contributed by atoms with E-state index >= 15 is 0 Å². The van der Waals surface area contributed by atoms with Gasteiger partial charge in [-0.2, -0.15) is 0 Å². The first-order chi connectivity index (χ1) is 6.66. The van der Waals surface area contributed by atoms with Crippen LogP contribution in [-0.2, 0) is 4.79 Å². The predicted molar refractivity (Wildman–Crippen MR) is 54.7 cm³/mol. The van der Waals surface area contributed by atoms with Crippen molar-refractivity contribution in [2.75, 3.05) is 7.05 Å². The van der Waals surface area contributed by atoms with Crippen LogP contribution in [0.2, 0.25) is 0 Å². The molecular weight excluding hydrogens is 178 g/mol.